The molecule has 3 aromatic carbocycles. The van der Waals surface area contributed by atoms with Gasteiger partial charge in [0.2, 0.25) is 11.8 Å². The summed E-state index contributed by atoms with van der Waals surface area (Å²) in [7, 11) is 1.89. The van der Waals surface area contributed by atoms with E-state index < -0.39 is 6.04 Å². The number of anilines is 1. The van der Waals surface area contributed by atoms with Crippen molar-refractivity contribution in [3.63, 3.8) is 0 Å². The number of rotatable bonds is 9. The zero-order chi connectivity index (χ0) is 26.3. The molecule has 0 saturated heterocycles. The first-order valence-corrected chi connectivity index (χ1v) is 13.9. The van der Waals surface area contributed by atoms with Crippen molar-refractivity contribution >= 4 is 29.3 Å². The number of benzene rings is 3. The van der Waals surface area contributed by atoms with E-state index in [1.165, 1.54) is 11.8 Å². The summed E-state index contributed by atoms with van der Waals surface area (Å²) in [5.41, 5.74) is 2.41. The maximum Gasteiger partial charge on any atom is 0.248 e. The lowest BCUT2D eigenvalue weighted by atomic mass is 10.0. The second kappa shape index (κ2) is 12.1. The van der Waals surface area contributed by atoms with Crippen LogP contribution in [-0.4, -0.2) is 38.4 Å². The Bertz CT molecular complexity index is 1360. The van der Waals surface area contributed by atoms with E-state index in [-0.39, 0.29) is 23.6 Å². The molecule has 1 aliphatic rings. The summed E-state index contributed by atoms with van der Waals surface area (Å²) in [5.74, 6) is 0.505. The van der Waals surface area contributed by atoms with Crippen LogP contribution < -0.4 is 10.2 Å². The summed E-state index contributed by atoms with van der Waals surface area (Å²) in [5, 5.41) is 12.5. The van der Waals surface area contributed by atoms with Gasteiger partial charge in [0.25, 0.3) is 0 Å². The Hall–Kier alpha value is -3.91. The van der Waals surface area contributed by atoms with Crippen LogP contribution in [0.15, 0.2) is 96.2 Å². The van der Waals surface area contributed by atoms with Crippen molar-refractivity contribution in [1.29, 1.82) is 0 Å². The van der Waals surface area contributed by atoms with Gasteiger partial charge in [-0.15, -0.1) is 10.2 Å². The molecule has 0 bridgehead atoms. The van der Waals surface area contributed by atoms with Crippen molar-refractivity contribution in [3.8, 4) is 11.4 Å². The van der Waals surface area contributed by atoms with Gasteiger partial charge in [-0.05, 0) is 30.5 Å². The molecule has 8 heteroatoms. The van der Waals surface area contributed by atoms with Crippen molar-refractivity contribution in [2.45, 2.75) is 42.9 Å². The fourth-order valence-corrected chi connectivity index (χ4v) is 5.67. The van der Waals surface area contributed by atoms with Crippen LogP contribution in [-0.2, 0) is 16.6 Å². The maximum absolute atomic E-state index is 13.9. The predicted octanol–water partition coefficient (Wildman–Crippen LogP) is 5.41. The van der Waals surface area contributed by atoms with Crippen molar-refractivity contribution in [2.75, 3.05) is 10.7 Å². The molecule has 0 spiro atoms. The van der Waals surface area contributed by atoms with Gasteiger partial charge in [0.15, 0.2) is 11.0 Å². The highest BCUT2D eigenvalue weighted by atomic mass is 32.2. The Morgan fingerprint density at radius 2 is 1.53 bits per heavy atom. The highest BCUT2D eigenvalue weighted by molar-refractivity contribution is 7.99. The van der Waals surface area contributed by atoms with E-state index in [1.54, 1.807) is 4.90 Å². The molecule has 1 N–H and O–H groups in total. The lowest BCUT2D eigenvalue weighted by Gasteiger charge is -2.32. The normalized spacial score (nSPS) is 14.2. The average molecular weight is 526 g/mol. The molecule has 0 unspecified atom stereocenters. The first-order valence-electron chi connectivity index (χ1n) is 12.9. The zero-order valence-corrected chi connectivity index (χ0v) is 22.2. The van der Waals surface area contributed by atoms with E-state index in [2.05, 4.69) is 15.5 Å². The fraction of sp³-hybridized carbons (Fsp3) is 0.267. The highest BCUT2D eigenvalue weighted by Crippen LogP contribution is 2.31. The van der Waals surface area contributed by atoms with E-state index in [9.17, 15) is 9.59 Å². The number of nitrogens with zero attached hydrogens (tertiary/aromatic N) is 4. The second-order valence-corrected chi connectivity index (χ2v) is 10.4. The Labute approximate surface area is 227 Å². The summed E-state index contributed by atoms with van der Waals surface area (Å²) < 4.78 is 1.89. The number of hydrogen-bond donors (Lipinski definition) is 1. The molecule has 0 aliphatic heterocycles. The fourth-order valence-electron chi connectivity index (χ4n) is 4.90. The lowest BCUT2D eigenvalue weighted by molar-refractivity contribution is -0.126. The minimum Gasteiger partial charge on any atom is -0.351 e. The summed E-state index contributed by atoms with van der Waals surface area (Å²) in [6.45, 7) is 0. The smallest absolute Gasteiger partial charge is 0.248 e. The van der Waals surface area contributed by atoms with E-state index in [4.69, 9.17) is 0 Å². The van der Waals surface area contributed by atoms with Crippen LogP contribution in [0.1, 0.15) is 37.3 Å². The van der Waals surface area contributed by atoms with Gasteiger partial charge in [-0.2, -0.15) is 0 Å². The number of thioether (sulfide) groups is 1. The molecule has 1 aromatic heterocycles. The van der Waals surface area contributed by atoms with Crippen LogP contribution in [0.2, 0.25) is 0 Å². The molecular formula is C30H31N5O2S. The number of amides is 2. The predicted molar refractivity (Wildman–Crippen MR) is 151 cm³/mol. The zero-order valence-electron chi connectivity index (χ0n) is 21.4. The van der Waals surface area contributed by atoms with Gasteiger partial charge in [-0.1, -0.05) is 103 Å². The molecule has 1 aliphatic carbocycles. The Balaban J connectivity index is 1.43. The number of carbonyl (C=O) groups excluding carboxylic acids is 2. The molecule has 1 fully saturated rings. The molecule has 2 amide bonds. The Kier molecular flexibility index (Phi) is 8.19. The first-order chi connectivity index (χ1) is 18.6. The SMILES string of the molecule is Cn1c(SCC(=O)N(c2ccccc2)[C@@H](C(=O)NC2CCCC2)c2ccccc2)nnc1-c1ccccc1. The van der Waals surface area contributed by atoms with E-state index in [0.717, 1.165) is 42.6 Å². The molecule has 194 valence electrons. The molecule has 1 heterocycles. The van der Waals surface area contributed by atoms with Crippen LogP contribution in [0.25, 0.3) is 11.4 Å². The molecule has 1 saturated carbocycles. The quantitative estimate of drug-likeness (QED) is 0.296. The van der Waals surface area contributed by atoms with Crippen LogP contribution in [0.4, 0.5) is 5.69 Å². The molecule has 7 nitrogen and oxygen atoms in total. The van der Waals surface area contributed by atoms with Crippen LogP contribution >= 0.6 is 11.8 Å². The summed E-state index contributed by atoms with van der Waals surface area (Å²) in [6, 6.07) is 28.1. The summed E-state index contributed by atoms with van der Waals surface area (Å²) >= 11 is 1.32. The average Bonchev–Trinajstić information content (AvgIpc) is 3.61. The van der Waals surface area contributed by atoms with Gasteiger partial charge in [0.1, 0.15) is 6.04 Å². The molecule has 4 aromatic rings. The van der Waals surface area contributed by atoms with E-state index in [1.807, 2.05) is 103 Å². The Morgan fingerprint density at radius 1 is 0.921 bits per heavy atom. The maximum atomic E-state index is 13.9. The van der Waals surface area contributed by atoms with Crippen LogP contribution in [0.3, 0.4) is 0 Å². The Morgan fingerprint density at radius 3 is 2.18 bits per heavy atom. The molecule has 5 rings (SSSR count). The van der Waals surface area contributed by atoms with Crippen LogP contribution in [0, 0.1) is 0 Å². The largest absolute Gasteiger partial charge is 0.351 e. The number of para-hydroxylation sites is 1. The molecule has 38 heavy (non-hydrogen) atoms. The van der Waals surface area contributed by atoms with Gasteiger partial charge in [0, 0.05) is 24.3 Å². The minimum absolute atomic E-state index is 0.107. The number of aromatic nitrogens is 3. The molecular weight excluding hydrogens is 494 g/mol. The minimum atomic E-state index is -0.785. The lowest BCUT2D eigenvalue weighted by Crippen LogP contribution is -2.47. The third kappa shape index (κ3) is 5.81. The van der Waals surface area contributed by atoms with Gasteiger partial charge >= 0.3 is 0 Å². The van der Waals surface area contributed by atoms with Crippen molar-refractivity contribution in [2.24, 2.45) is 7.05 Å². The standard InChI is InChI=1S/C30H31N5O2S/c1-34-28(23-15-7-3-8-16-23)32-33-30(34)38-21-26(36)35(25-19-9-4-10-20-25)27(22-13-5-2-6-14-22)29(37)31-24-17-11-12-18-24/h2-10,13-16,19-20,24,27H,11-12,17-18,21H2,1H3,(H,31,37)/t27-/m1/s1. The third-order valence-corrected chi connectivity index (χ3v) is 7.82. The van der Waals surface area contributed by atoms with E-state index >= 15 is 0 Å². The highest BCUT2D eigenvalue weighted by Gasteiger charge is 2.34. The van der Waals surface area contributed by atoms with Gasteiger partial charge < -0.3 is 9.88 Å². The third-order valence-electron chi connectivity index (χ3n) is 6.82. The van der Waals surface area contributed by atoms with Crippen molar-refractivity contribution in [1.82, 2.24) is 20.1 Å². The summed E-state index contributed by atoms with van der Waals surface area (Å²) in [6.07, 6.45) is 4.17. The molecule has 0 radical (unpaired) electrons. The van der Waals surface area contributed by atoms with E-state index in [0.29, 0.717) is 10.8 Å². The summed E-state index contributed by atoms with van der Waals surface area (Å²) in [4.78, 5) is 29.3. The van der Waals surface area contributed by atoms with Crippen molar-refractivity contribution in [3.05, 3.63) is 96.6 Å². The monoisotopic (exact) mass is 525 g/mol. The van der Waals surface area contributed by atoms with Crippen molar-refractivity contribution < 1.29 is 9.59 Å². The van der Waals surface area contributed by atoms with Crippen LogP contribution in [0.5, 0.6) is 0 Å². The number of carbonyl (C=O) groups is 2. The second-order valence-electron chi connectivity index (χ2n) is 9.42. The van der Waals surface area contributed by atoms with Gasteiger partial charge in [0.05, 0.1) is 5.75 Å². The number of nitrogens with one attached hydrogen (secondary N) is 1. The molecule has 1 atom stereocenters. The van der Waals surface area contributed by atoms with Gasteiger partial charge in [-0.3, -0.25) is 14.5 Å². The topological polar surface area (TPSA) is 80.1 Å². The first kappa shape index (κ1) is 25.7. The number of hydrogen-bond acceptors (Lipinski definition) is 5. The van der Waals surface area contributed by atoms with Gasteiger partial charge in [-0.25, -0.2) is 0 Å².